The normalized spacial score (nSPS) is 11.6. The van der Waals surface area contributed by atoms with Crippen LogP contribution in [0.1, 0.15) is 24.5 Å². The zero-order valence-electron chi connectivity index (χ0n) is 14.5. The summed E-state index contributed by atoms with van der Waals surface area (Å²) < 4.78 is 5.22. The highest BCUT2D eigenvalue weighted by molar-refractivity contribution is 5.88. The minimum atomic E-state index is 0.181. The first-order valence-corrected chi connectivity index (χ1v) is 8.30. The van der Waals surface area contributed by atoms with E-state index in [1.165, 1.54) is 0 Å². The summed E-state index contributed by atoms with van der Waals surface area (Å²) in [6.07, 6.45) is 2.31. The molecule has 126 valence electrons. The van der Waals surface area contributed by atoms with Crippen molar-refractivity contribution in [2.24, 2.45) is 0 Å². The molecule has 4 heteroatoms. The maximum Gasteiger partial charge on any atom is 0.137 e. The fourth-order valence-electron chi connectivity index (χ4n) is 2.63. The molecular weight excluding hydrogens is 310 g/mol. The van der Waals surface area contributed by atoms with Crippen LogP contribution in [0, 0.1) is 11.8 Å². The van der Waals surface area contributed by atoms with Crippen molar-refractivity contribution in [1.29, 1.82) is 0 Å². The molecule has 1 atom stereocenters. The van der Waals surface area contributed by atoms with Crippen LogP contribution in [0.4, 0.5) is 5.82 Å². The van der Waals surface area contributed by atoms with Crippen LogP contribution in [0.3, 0.4) is 0 Å². The summed E-state index contributed by atoms with van der Waals surface area (Å²) in [4.78, 5) is 8.65. The number of nitrogens with zero attached hydrogens (tertiary/aromatic N) is 2. The van der Waals surface area contributed by atoms with Crippen molar-refractivity contribution in [3.05, 3.63) is 66.0 Å². The third-order valence-corrected chi connectivity index (χ3v) is 3.87. The zero-order chi connectivity index (χ0) is 17.5. The Bertz CT molecular complexity index is 906. The average molecular weight is 331 g/mol. The van der Waals surface area contributed by atoms with Gasteiger partial charge < -0.3 is 10.1 Å². The van der Waals surface area contributed by atoms with Gasteiger partial charge >= 0.3 is 0 Å². The lowest BCUT2D eigenvalue weighted by Crippen LogP contribution is -2.15. The largest absolute Gasteiger partial charge is 0.380 e. The van der Waals surface area contributed by atoms with Gasteiger partial charge in [-0.2, -0.15) is 0 Å². The van der Waals surface area contributed by atoms with E-state index in [0.29, 0.717) is 6.61 Å². The van der Waals surface area contributed by atoms with Gasteiger partial charge in [0.1, 0.15) is 12.1 Å². The number of benzene rings is 2. The minimum Gasteiger partial charge on any atom is -0.380 e. The van der Waals surface area contributed by atoms with Gasteiger partial charge in [-0.15, -0.1) is 0 Å². The maximum absolute atomic E-state index is 5.22. The smallest absolute Gasteiger partial charge is 0.137 e. The minimum absolute atomic E-state index is 0.181. The first-order valence-electron chi connectivity index (χ1n) is 8.30. The Morgan fingerprint density at radius 3 is 2.76 bits per heavy atom. The number of hydrogen-bond acceptors (Lipinski definition) is 4. The van der Waals surface area contributed by atoms with Crippen LogP contribution in [-0.4, -0.2) is 23.1 Å². The lowest BCUT2D eigenvalue weighted by atomic mass is 10.1. The van der Waals surface area contributed by atoms with Crippen LogP contribution in [-0.2, 0) is 11.3 Å². The Kier molecular flexibility index (Phi) is 5.61. The first-order chi connectivity index (χ1) is 12.3. The maximum atomic E-state index is 5.22. The molecule has 0 aliphatic carbocycles. The SMILES string of the molecule is COCc1ccccc1C#CCC(C)Nc1ncnc2ccccc12. The second kappa shape index (κ2) is 8.27. The number of hydrogen-bond donors (Lipinski definition) is 1. The molecule has 0 spiro atoms. The number of nitrogens with one attached hydrogen (secondary N) is 1. The van der Waals surface area contributed by atoms with E-state index >= 15 is 0 Å². The van der Waals surface area contributed by atoms with Crippen molar-refractivity contribution in [2.75, 3.05) is 12.4 Å². The topological polar surface area (TPSA) is 47.0 Å². The summed E-state index contributed by atoms with van der Waals surface area (Å²) in [5.74, 6) is 7.35. The van der Waals surface area contributed by atoms with Crippen LogP contribution >= 0.6 is 0 Å². The number of anilines is 1. The van der Waals surface area contributed by atoms with Gasteiger partial charge in [-0.3, -0.25) is 0 Å². The van der Waals surface area contributed by atoms with E-state index in [1.807, 2.05) is 48.5 Å². The Morgan fingerprint density at radius 1 is 1.08 bits per heavy atom. The van der Waals surface area contributed by atoms with E-state index < -0.39 is 0 Å². The molecule has 2 aromatic carbocycles. The Hall–Kier alpha value is -2.90. The summed E-state index contributed by atoms with van der Waals surface area (Å²) in [6, 6.07) is 16.2. The summed E-state index contributed by atoms with van der Waals surface area (Å²) in [5.41, 5.74) is 3.07. The number of aromatic nitrogens is 2. The van der Waals surface area contributed by atoms with Gasteiger partial charge in [0.2, 0.25) is 0 Å². The lowest BCUT2D eigenvalue weighted by Gasteiger charge is -2.13. The van der Waals surface area contributed by atoms with Crippen molar-refractivity contribution in [1.82, 2.24) is 9.97 Å². The van der Waals surface area contributed by atoms with E-state index in [-0.39, 0.29) is 6.04 Å². The summed E-state index contributed by atoms with van der Waals surface area (Å²) in [5, 5.41) is 4.46. The molecule has 0 bridgehead atoms. The van der Waals surface area contributed by atoms with Crippen molar-refractivity contribution in [2.45, 2.75) is 26.0 Å². The summed E-state index contributed by atoms with van der Waals surface area (Å²) in [6.45, 7) is 2.68. The summed E-state index contributed by atoms with van der Waals surface area (Å²) >= 11 is 0. The van der Waals surface area contributed by atoms with Crippen LogP contribution < -0.4 is 5.32 Å². The average Bonchev–Trinajstić information content (AvgIpc) is 2.64. The quantitative estimate of drug-likeness (QED) is 0.717. The third kappa shape index (κ3) is 4.34. The molecule has 0 aliphatic heterocycles. The molecular formula is C21H21N3O. The lowest BCUT2D eigenvalue weighted by molar-refractivity contribution is 0.184. The molecule has 4 nitrogen and oxygen atoms in total. The molecule has 1 heterocycles. The number of para-hydroxylation sites is 1. The molecule has 0 amide bonds. The van der Waals surface area contributed by atoms with Crippen LogP contribution in [0.5, 0.6) is 0 Å². The van der Waals surface area contributed by atoms with E-state index in [2.05, 4.69) is 34.0 Å². The fourth-order valence-corrected chi connectivity index (χ4v) is 2.63. The number of fused-ring (bicyclic) bond motifs is 1. The Balaban J connectivity index is 1.69. The standard InChI is InChI=1S/C21H21N3O/c1-16(8-7-11-17-9-3-4-10-18(17)14-25-2)24-21-19-12-5-6-13-20(19)22-15-23-21/h3-6,9-10,12-13,15-16H,8,14H2,1-2H3,(H,22,23,24). The molecule has 1 N–H and O–H groups in total. The highest BCUT2D eigenvalue weighted by atomic mass is 16.5. The van der Waals surface area contributed by atoms with Crippen LogP contribution in [0.15, 0.2) is 54.9 Å². The zero-order valence-corrected chi connectivity index (χ0v) is 14.5. The highest BCUT2D eigenvalue weighted by Gasteiger charge is 2.06. The van der Waals surface area contributed by atoms with Gasteiger partial charge in [0.25, 0.3) is 0 Å². The van der Waals surface area contributed by atoms with Crippen LogP contribution in [0.25, 0.3) is 10.9 Å². The molecule has 1 unspecified atom stereocenters. The van der Waals surface area contributed by atoms with Gasteiger partial charge in [-0.1, -0.05) is 42.2 Å². The van der Waals surface area contributed by atoms with Gasteiger partial charge in [-0.05, 0) is 30.7 Å². The van der Waals surface area contributed by atoms with Crippen LogP contribution in [0.2, 0.25) is 0 Å². The monoisotopic (exact) mass is 331 g/mol. The molecule has 1 aromatic heterocycles. The van der Waals surface area contributed by atoms with E-state index in [0.717, 1.165) is 34.3 Å². The Morgan fingerprint density at radius 2 is 1.88 bits per heavy atom. The predicted molar refractivity (Wildman–Crippen MR) is 101 cm³/mol. The molecule has 3 rings (SSSR count). The number of rotatable bonds is 5. The predicted octanol–water partition coefficient (Wildman–Crippen LogP) is 4.02. The van der Waals surface area contributed by atoms with Gasteiger partial charge in [0, 0.05) is 30.5 Å². The third-order valence-electron chi connectivity index (χ3n) is 3.87. The molecule has 0 aliphatic rings. The number of methoxy groups -OCH3 is 1. The van der Waals surface area contributed by atoms with Gasteiger partial charge in [0.15, 0.2) is 0 Å². The second-order valence-corrected chi connectivity index (χ2v) is 5.88. The molecule has 25 heavy (non-hydrogen) atoms. The van der Waals surface area contributed by atoms with Crippen molar-refractivity contribution in [3.63, 3.8) is 0 Å². The van der Waals surface area contributed by atoms with Crippen molar-refractivity contribution < 1.29 is 4.74 Å². The molecule has 0 saturated heterocycles. The van der Waals surface area contributed by atoms with Gasteiger partial charge in [0.05, 0.1) is 12.1 Å². The molecule has 0 fully saturated rings. The molecule has 3 aromatic rings. The van der Waals surface area contributed by atoms with Gasteiger partial charge in [-0.25, -0.2) is 9.97 Å². The van der Waals surface area contributed by atoms with Crippen molar-refractivity contribution >= 4 is 16.7 Å². The highest BCUT2D eigenvalue weighted by Crippen LogP contribution is 2.19. The summed E-state index contributed by atoms with van der Waals surface area (Å²) in [7, 11) is 1.70. The molecule has 0 radical (unpaired) electrons. The first kappa shape index (κ1) is 16.9. The van der Waals surface area contributed by atoms with E-state index in [1.54, 1.807) is 13.4 Å². The van der Waals surface area contributed by atoms with Crippen molar-refractivity contribution in [3.8, 4) is 11.8 Å². The second-order valence-electron chi connectivity index (χ2n) is 5.88. The number of ether oxygens (including phenoxy) is 1. The Labute approximate surface area is 148 Å². The fraction of sp³-hybridized carbons (Fsp3) is 0.238. The van der Waals surface area contributed by atoms with E-state index in [4.69, 9.17) is 4.74 Å². The molecule has 0 saturated carbocycles. The van der Waals surface area contributed by atoms with E-state index in [9.17, 15) is 0 Å².